The number of hydrogen-bond donors (Lipinski definition) is 3. The number of phenols is 1. The van der Waals surface area contributed by atoms with E-state index in [1.54, 1.807) is 0 Å². The Labute approximate surface area is 191 Å². The van der Waals surface area contributed by atoms with Gasteiger partial charge in [-0.25, -0.2) is 0 Å². The Balaban J connectivity index is 2.24. The van der Waals surface area contributed by atoms with Gasteiger partial charge in [-0.15, -0.1) is 0 Å². The number of nitrogens with one attached hydrogen (secondary N) is 1. The van der Waals surface area contributed by atoms with Gasteiger partial charge in [-0.1, -0.05) is 0 Å². The van der Waals surface area contributed by atoms with E-state index in [-0.39, 0.29) is 27.3 Å². The summed E-state index contributed by atoms with van der Waals surface area (Å²) in [6.45, 7) is 3.48. The molecule has 0 aliphatic rings. The SMILES string of the molecule is CC(=O)Nc1cc(O)ccc1[As](=O)(O)OC(=O)/C=C\c1ccc(OC(C)=O)c(OC(C)=O)c1. The van der Waals surface area contributed by atoms with Gasteiger partial charge >= 0.3 is 191 Å². The van der Waals surface area contributed by atoms with Crippen LogP contribution in [0.4, 0.5) is 5.69 Å². The van der Waals surface area contributed by atoms with E-state index in [0.29, 0.717) is 5.56 Å². The number of esters is 2. The van der Waals surface area contributed by atoms with Gasteiger partial charge in [-0.2, -0.15) is 0 Å². The minimum atomic E-state index is -5.48. The van der Waals surface area contributed by atoms with Crippen molar-refractivity contribution in [2.24, 2.45) is 0 Å². The molecule has 2 aromatic carbocycles. The van der Waals surface area contributed by atoms with Crippen molar-refractivity contribution < 1.29 is 45.3 Å². The van der Waals surface area contributed by atoms with Gasteiger partial charge in [0.1, 0.15) is 0 Å². The van der Waals surface area contributed by atoms with Crippen molar-refractivity contribution in [3.63, 3.8) is 0 Å². The summed E-state index contributed by atoms with van der Waals surface area (Å²) in [5.41, 5.74) is 0.152. The third-order valence-corrected chi connectivity index (χ3v) is 6.69. The first-order chi connectivity index (χ1) is 15.4. The van der Waals surface area contributed by atoms with E-state index in [0.717, 1.165) is 38.1 Å². The van der Waals surface area contributed by atoms with Crippen molar-refractivity contribution in [2.75, 3.05) is 5.32 Å². The summed E-state index contributed by atoms with van der Waals surface area (Å²) >= 11 is -5.48. The zero-order chi connectivity index (χ0) is 24.8. The molecule has 3 N–H and O–H groups in total. The summed E-state index contributed by atoms with van der Waals surface area (Å²) < 4.78 is 37.3. The maximum absolute atomic E-state index is 12.7. The molecule has 1 unspecified atom stereocenters. The van der Waals surface area contributed by atoms with E-state index in [1.807, 2.05) is 0 Å². The Morgan fingerprint density at radius 3 is 2.18 bits per heavy atom. The average Bonchev–Trinajstić information content (AvgIpc) is 2.66. The molecule has 33 heavy (non-hydrogen) atoms. The molecule has 174 valence electrons. The Morgan fingerprint density at radius 1 is 0.939 bits per heavy atom. The zero-order valence-electron chi connectivity index (χ0n) is 17.7. The van der Waals surface area contributed by atoms with Crippen LogP contribution in [0.1, 0.15) is 26.3 Å². The zero-order valence-corrected chi connectivity index (χ0v) is 19.6. The molecule has 11 nitrogen and oxygen atoms in total. The summed E-state index contributed by atoms with van der Waals surface area (Å²) in [6.07, 6.45) is 2.08. The number of carbonyl (C=O) groups is 4. The van der Waals surface area contributed by atoms with Gasteiger partial charge in [0.2, 0.25) is 0 Å². The number of benzene rings is 2. The molecule has 0 aromatic heterocycles. The van der Waals surface area contributed by atoms with Gasteiger partial charge in [0.05, 0.1) is 0 Å². The second-order valence-electron chi connectivity index (χ2n) is 6.54. The van der Waals surface area contributed by atoms with E-state index in [4.69, 9.17) is 13.2 Å². The molecule has 0 fully saturated rings. The van der Waals surface area contributed by atoms with Gasteiger partial charge in [0.15, 0.2) is 0 Å². The molecule has 0 saturated carbocycles. The molecule has 0 heterocycles. The second-order valence-corrected chi connectivity index (χ2v) is 10.1. The number of amides is 1. The minimum absolute atomic E-state index is 0.0154. The number of anilines is 1. The van der Waals surface area contributed by atoms with Gasteiger partial charge in [0, 0.05) is 0 Å². The number of aromatic hydroxyl groups is 1. The molecular formula is C21H20AsNO10. The molecule has 2 rings (SSSR count). The van der Waals surface area contributed by atoms with Crippen LogP contribution < -0.4 is 19.1 Å². The van der Waals surface area contributed by atoms with Crippen LogP contribution in [0.25, 0.3) is 6.08 Å². The molecule has 0 spiro atoms. The first-order valence-corrected chi connectivity index (χ1v) is 12.5. The van der Waals surface area contributed by atoms with Gasteiger partial charge in [0.25, 0.3) is 0 Å². The van der Waals surface area contributed by atoms with Crippen molar-refractivity contribution in [2.45, 2.75) is 20.8 Å². The normalized spacial score (nSPS) is 12.5. The standard InChI is InChI=1S/C21H20AsNO10/c1-12(24)23-18-11-16(27)6-7-17(18)22(29,30)33-21(28)9-5-15-4-8-19(31-13(2)25)20(10-15)32-14(3)26/h4-11,27H,1-3H3,(H,23,24)(H,29,30)/b9-5-. The average molecular weight is 521 g/mol. The molecule has 2 aromatic rings. The van der Waals surface area contributed by atoms with Crippen LogP contribution in [0.3, 0.4) is 0 Å². The monoisotopic (exact) mass is 521 g/mol. The molecule has 1 atom stereocenters. The van der Waals surface area contributed by atoms with Crippen LogP contribution in [-0.2, 0) is 26.6 Å². The first kappa shape index (κ1) is 25.4. The van der Waals surface area contributed by atoms with Crippen molar-refractivity contribution in [3.8, 4) is 17.2 Å². The van der Waals surface area contributed by atoms with Gasteiger partial charge in [-0.3, -0.25) is 0 Å². The molecule has 0 saturated heterocycles. The summed E-state index contributed by atoms with van der Waals surface area (Å²) in [4.78, 5) is 46.0. The Kier molecular flexibility index (Phi) is 8.22. The second kappa shape index (κ2) is 10.7. The van der Waals surface area contributed by atoms with Gasteiger partial charge < -0.3 is 0 Å². The van der Waals surface area contributed by atoms with Gasteiger partial charge in [-0.05, 0) is 0 Å². The number of phenolic OH excluding ortho intramolecular Hbond substituents is 1. The van der Waals surface area contributed by atoms with Crippen LogP contribution in [0.15, 0.2) is 42.5 Å². The van der Waals surface area contributed by atoms with Crippen molar-refractivity contribution in [1.29, 1.82) is 0 Å². The molecule has 0 bridgehead atoms. The summed E-state index contributed by atoms with van der Waals surface area (Å²) in [7, 11) is 0. The Morgan fingerprint density at radius 2 is 1.58 bits per heavy atom. The van der Waals surface area contributed by atoms with Crippen molar-refractivity contribution >= 4 is 54.1 Å². The summed E-state index contributed by atoms with van der Waals surface area (Å²) in [5.74, 6) is -3.40. The van der Waals surface area contributed by atoms with Crippen molar-refractivity contribution in [1.82, 2.24) is 0 Å². The number of rotatable bonds is 7. The molecule has 0 radical (unpaired) electrons. The third kappa shape index (κ3) is 7.67. The quantitative estimate of drug-likeness (QED) is 0.207. The van der Waals surface area contributed by atoms with E-state index in [2.05, 4.69) is 5.32 Å². The summed E-state index contributed by atoms with van der Waals surface area (Å²) in [5, 5.41) is 11.8. The van der Waals surface area contributed by atoms with Crippen LogP contribution >= 0.6 is 0 Å². The van der Waals surface area contributed by atoms with E-state index < -0.39 is 38.0 Å². The number of carbonyl (C=O) groups excluding carboxylic acids is 4. The molecule has 0 aliphatic heterocycles. The molecule has 12 heteroatoms. The van der Waals surface area contributed by atoms with E-state index in [9.17, 15) is 32.1 Å². The fourth-order valence-corrected chi connectivity index (χ4v) is 4.82. The molecular weight excluding hydrogens is 501 g/mol. The third-order valence-electron chi connectivity index (χ3n) is 3.70. The predicted octanol–water partition coefficient (Wildman–Crippen LogP) is 1.03. The van der Waals surface area contributed by atoms with Crippen molar-refractivity contribution in [3.05, 3.63) is 48.0 Å². The van der Waals surface area contributed by atoms with E-state index in [1.165, 1.54) is 31.2 Å². The number of ether oxygens (including phenoxy) is 2. The fourth-order valence-electron chi connectivity index (χ4n) is 2.53. The van der Waals surface area contributed by atoms with Crippen LogP contribution in [-0.4, -0.2) is 47.2 Å². The molecule has 0 aliphatic carbocycles. The topological polar surface area (TPSA) is 166 Å². The number of hydrogen-bond acceptors (Lipinski definition) is 9. The maximum atomic E-state index is 12.7. The Bertz CT molecular complexity index is 1190. The summed E-state index contributed by atoms with van der Waals surface area (Å²) in [6, 6.07) is 7.30. The van der Waals surface area contributed by atoms with Crippen LogP contribution in [0.2, 0.25) is 0 Å². The first-order valence-electron chi connectivity index (χ1n) is 9.24. The Hall–Kier alpha value is -3.82. The fraction of sp³-hybridized carbons (Fsp3) is 0.143. The molecule has 1 amide bonds. The van der Waals surface area contributed by atoms with Crippen LogP contribution in [0, 0.1) is 0 Å². The van der Waals surface area contributed by atoms with Crippen LogP contribution in [0.5, 0.6) is 17.2 Å². The predicted molar refractivity (Wildman–Crippen MR) is 115 cm³/mol. The van der Waals surface area contributed by atoms with E-state index >= 15 is 0 Å².